The van der Waals surface area contributed by atoms with Crippen LogP contribution in [0.5, 0.6) is 11.5 Å². The second kappa shape index (κ2) is 10.7. The smallest absolute Gasteiger partial charge is 0.223 e. The second-order valence-electron chi connectivity index (χ2n) is 7.07. The minimum absolute atomic E-state index is 0.0322. The summed E-state index contributed by atoms with van der Waals surface area (Å²) in [5.41, 5.74) is 0.952. The molecule has 3 rings (SSSR count). The molecular weight excluding hydrogens is 411 g/mol. The fourth-order valence-electron chi connectivity index (χ4n) is 3.44. The van der Waals surface area contributed by atoms with Crippen LogP contribution in [0.1, 0.15) is 18.4 Å². The molecule has 1 aliphatic rings. The van der Waals surface area contributed by atoms with Gasteiger partial charge in [0, 0.05) is 34.1 Å². The zero-order chi connectivity index (χ0) is 20.6. The third kappa shape index (κ3) is 6.26. The standard InChI is InChI=1S/C22H26Cl2N2O3/c1-28-17-4-2-5-18(14-17)29-13-10-25-22(27)16-8-11-26(12-9-16)15-19-20(23)6-3-7-21(19)24/h2-7,14,16H,8-13,15H2,1H3,(H,25,27). The fraction of sp³-hybridized carbons (Fsp3) is 0.409. The molecule has 1 heterocycles. The van der Waals surface area contributed by atoms with Crippen molar-refractivity contribution >= 4 is 29.1 Å². The van der Waals surface area contributed by atoms with Gasteiger partial charge in [0.1, 0.15) is 18.1 Å². The van der Waals surface area contributed by atoms with Crippen LogP contribution in [-0.4, -0.2) is 44.2 Å². The normalized spacial score (nSPS) is 15.1. The number of hydrogen-bond donors (Lipinski definition) is 1. The van der Waals surface area contributed by atoms with Crippen molar-refractivity contribution in [3.05, 3.63) is 58.1 Å². The summed E-state index contributed by atoms with van der Waals surface area (Å²) >= 11 is 12.5. The molecule has 1 N–H and O–H groups in total. The number of likely N-dealkylation sites (tertiary alicyclic amines) is 1. The van der Waals surface area contributed by atoms with E-state index in [0.717, 1.165) is 43.0 Å². The molecule has 1 aliphatic heterocycles. The number of nitrogens with one attached hydrogen (secondary N) is 1. The quantitative estimate of drug-likeness (QED) is 0.622. The Kier molecular flexibility index (Phi) is 8.04. The number of amides is 1. The first-order valence-electron chi connectivity index (χ1n) is 9.76. The predicted molar refractivity (Wildman–Crippen MR) is 116 cm³/mol. The van der Waals surface area contributed by atoms with Crippen LogP contribution in [0.4, 0.5) is 0 Å². The van der Waals surface area contributed by atoms with Crippen LogP contribution < -0.4 is 14.8 Å². The Morgan fingerprint density at radius 3 is 2.45 bits per heavy atom. The Morgan fingerprint density at radius 1 is 1.10 bits per heavy atom. The summed E-state index contributed by atoms with van der Waals surface area (Å²) in [5, 5.41) is 4.35. The summed E-state index contributed by atoms with van der Waals surface area (Å²) in [6.07, 6.45) is 1.65. The molecule has 0 radical (unpaired) electrons. The van der Waals surface area contributed by atoms with E-state index in [1.807, 2.05) is 42.5 Å². The van der Waals surface area contributed by atoms with Crippen molar-refractivity contribution in [3.8, 4) is 11.5 Å². The summed E-state index contributed by atoms with van der Waals surface area (Å²) in [6, 6.07) is 13.0. The maximum Gasteiger partial charge on any atom is 0.223 e. The minimum atomic E-state index is 0.0322. The van der Waals surface area contributed by atoms with Gasteiger partial charge in [-0.25, -0.2) is 0 Å². The van der Waals surface area contributed by atoms with E-state index in [4.69, 9.17) is 32.7 Å². The van der Waals surface area contributed by atoms with E-state index in [1.165, 1.54) is 0 Å². The largest absolute Gasteiger partial charge is 0.497 e. The molecule has 0 aliphatic carbocycles. The maximum absolute atomic E-state index is 12.4. The van der Waals surface area contributed by atoms with E-state index in [9.17, 15) is 4.79 Å². The average Bonchev–Trinajstić information content (AvgIpc) is 2.74. The SMILES string of the molecule is COc1cccc(OCCNC(=O)C2CCN(Cc3c(Cl)cccc3Cl)CC2)c1. The van der Waals surface area contributed by atoms with Crippen molar-refractivity contribution in [2.75, 3.05) is 33.4 Å². The molecule has 2 aromatic carbocycles. The van der Waals surface area contributed by atoms with E-state index in [0.29, 0.717) is 29.7 Å². The number of methoxy groups -OCH3 is 1. The van der Waals surface area contributed by atoms with Gasteiger partial charge in [0.25, 0.3) is 0 Å². The van der Waals surface area contributed by atoms with E-state index >= 15 is 0 Å². The number of carbonyl (C=O) groups excluding carboxylic acids is 1. The number of carbonyl (C=O) groups is 1. The van der Waals surface area contributed by atoms with E-state index in [1.54, 1.807) is 7.11 Å². The monoisotopic (exact) mass is 436 g/mol. The summed E-state index contributed by atoms with van der Waals surface area (Å²) in [7, 11) is 1.62. The first-order chi connectivity index (χ1) is 14.1. The van der Waals surface area contributed by atoms with Crippen molar-refractivity contribution in [2.45, 2.75) is 19.4 Å². The Labute approximate surface area is 181 Å². The highest BCUT2D eigenvalue weighted by Gasteiger charge is 2.25. The van der Waals surface area contributed by atoms with Crippen molar-refractivity contribution in [1.29, 1.82) is 0 Å². The topological polar surface area (TPSA) is 50.8 Å². The predicted octanol–water partition coefficient (Wildman–Crippen LogP) is 4.41. The highest BCUT2D eigenvalue weighted by Crippen LogP contribution is 2.27. The third-order valence-electron chi connectivity index (χ3n) is 5.11. The fourth-order valence-corrected chi connectivity index (χ4v) is 3.96. The highest BCUT2D eigenvalue weighted by molar-refractivity contribution is 6.35. The summed E-state index contributed by atoms with van der Waals surface area (Å²) in [4.78, 5) is 14.7. The summed E-state index contributed by atoms with van der Waals surface area (Å²) in [6.45, 7) is 3.30. The third-order valence-corrected chi connectivity index (χ3v) is 5.82. The van der Waals surface area contributed by atoms with Gasteiger partial charge in [0.2, 0.25) is 5.91 Å². The number of hydrogen-bond acceptors (Lipinski definition) is 4. The van der Waals surface area contributed by atoms with Crippen LogP contribution in [0.25, 0.3) is 0 Å². The van der Waals surface area contributed by atoms with Gasteiger partial charge in [-0.2, -0.15) is 0 Å². The van der Waals surface area contributed by atoms with Gasteiger partial charge in [-0.3, -0.25) is 9.69 Å². The van der Waals surface area contributed by atoms with Gasteiger partial charge in [0.05, 0.1) is 13.7 Å². The van der Waals surface area contributed by atoms with Gasteiger partial charge in [0.15, 0.2) is 0 Å². The van der Waals surface area contributed by atoms with Crippen molar-refractivity contribution in [3.63, 3.8) is 0 Å². The number of benzene rings is 2. The van der Waals surface area contributed by atoms with Crippen LogP contribution >= 0.6 is 23.2 Å². The average molecular weight is 437 g/mol. The Hall–Kier alpha value is -1.95. The zero-order valence-electron chi connectivity index (χ0n) is 16.5. The Balaban J connectivity index is 1.37. The molecule has 7 heteroatoms. The molecule has 0 unspecified atom stereocenters. The van der Waals surface area contributed by atoms with Crippen LogP contribution in [-0.2, 0) is 11.3 Å². The summed E-state index contributed by atoms with van der Waals surface area (Å²) in [5.74, 6) is 1.60. The number of nitrogens with zero attached hydrogens (tertiary/aromatic N) is 1. The van der Waals surface area contributed by atoms with Crippen LogP contribution in [0.2, 0.25) is 10.0 Å². The maximum atomic E-state index is 12.4. The van der Waals surface area contributed by atoms with Gasteiger partial charge in [-0.1, -0.05) is 35.3 Å². The van der Waals surface area contributed by atoms with E-state index < -0.39 is 0 Å². The lowest BCUT2D eigenvalue weighted by atomic mass is 9.95. The van der Waals surface area contributed by atoms with Crippen molar-refractivity contribution in [2.24, 2.45) is 5.92 Å². The van der Waals surface area contributed by atoms with Crippen LogP contribution in [0, 0.1) is 5.92 Å². The molecule has 2 aromatic rings. The Bertz CT molecular complexity index is 803. The molecule has 0 saturated carbocycles. The molecule has 5 nitrogen and oxygen atoms in total. The molecule has 156 valence electrons. The number of rotatable bonds is 8. The van der Waals surface area contributed by atoms with E-state index in [-0.39, 0.29) is 11.8 Å². The zero-order valence-corrected chi connectivity index (χ0v) is 18.0. The lowest BCUT2D eigenvalue weighted by Gasteiger charge is -2.31. The first-order valence-corrected chi connectivity index (χ1v) is 10.5. The first kappa shape index (κ1) is 21.8. The second-order valence-corrected chi connectivity index (χ2v) is 7.88. The van der Waals surface area contributed by atoms with Gasteiger partial charge < -0.3 is 14.8 Å². The molecular formula is C22H26Cl2N2O3. The Morgan fingerprint density at radius 2 is 1.76 bits per heavy atom. The minimum Gasteiger partial charge on any atom is -0.497 e. The van der Waals surface area contributed by atoms with E-state index in [2.05, 4.69) is 10.2 Å². The highest BCUT2D eigenvalue weighted by atomic mass is 35.5. The molecule has 0 bridgehead atoms. The molecule has 0 aromatic heterocycles. The van der Waals surface area contributed by atoms with Crippen LogP contribution in [0.15, 0.2) is 42.5 Å². The molecule has 1 fully saturated rings. The lowest BCUT2D eigenvalue weighted by molar-refractivity contribution is -0.126. The number of halogens is 2. The number of piperidine rings is 1. The van der Waals surface area contributed by atoms with Crippen LogP contribution in [0.3, 0.4) is 0 Å². The molecule has 0 atom stereocenters. The van der Waals surface area contributed by atoms with Crippen molar-refractivity contribution in [1.82, 2.24) is 10.2 Å². The van der Waals surface area contributed by atoms with Gasteiger partial charge in [-0.05, 0) is 50.2 Å². The molecule has 1 saturated heterocycles. The molecule has 29 heavy (non-hydrogen) atoms. The lowest BCUT2D eigenvalue weighted by Crippen LogP contribution is -2.41. The van der Waals surface area contributed by atoms with Gasteiger partial charge in [-0.15, -0.1) is 0 Å². The van der Waals surface area contributed by atoms with Crippen molar-refractivity contribution < 1.29 is 14.3 Å². The summed E-state index contributed by atoms with van der Waals surface area (Å²) < 4.78 is 10.8. The molecule has 1 amide bonds. The molecule has 0 spiro atoms. The number of ether oxygens (including phenoxy) is 2. The van der Waals surface area contributed by atoms with Gasteiger partial charge >= 0.3 is 0 Å².